The van der Waals surface area contributed by atoms with Gasteiger partial charge in [0.25, 0.3) is 0 Å². The molecule has 1 heterocycles. The minimum absolute atomic E-state index is 0.115. The van der Waals surface area contributed by atoms with E-state index in [4.69, 9.17) is 4.74 Å². The van der Waals surface area contributed by atoms with Gasteiger partial charge in [-0.3, -0.25) is 4.99 Å². The number of hydrogen-bond acceptors (Lipinski definition) is 2. The van der Waals surface area contributed by atoms with Crippen LogP contribution in [0.3, 0.4) is 0 Å². The van der Waals surface area contributed by atoms with Crippen molar-refractivity contribution < 1.29 is 17.9 Å². The van der Waals surface area contributed by atoms with Gasteiger partial charge in [-0.2, -0.15) is 13.2 Å². The second-order valence-electron chi connectivity index (χ2n) is 4.28. The Morgan fingerprint density at radius 3 is 2.56 bits per heavy atom. The zero-order chi connectivity index (χ0) is 13.0. The Morgan fingerprint density at radius 2 is 1.89 bits per heavy atom. The summed E-state index contributed by atoms with van der Waals surface area (Å²) in [6.45, 7) is 0.115. The smallest absolute Gasteiger partial charge is 0.392 e. The minimum atomic E-state index is -4.19. The van der Waals surface area contributed by atoms with E-state index in [0.717, 1.165) is 12.0 Å². The highest BCUT2D eigenvalue weighted by Crippen LogP contribution is 2.25. The first kappa shape index (κ1) is 12.9. The van der Waals surface area contributed by atoms with Crippen LogP contribution in [-0.2, 0) is 11.2 Å². The van der Waals surface area contributed by atoms with Crippen LogP contribution >= 0.6 is 0 Å². The van der Waals surface area contributed by atoms with E-state index in [1.807, 2.05) is 30.3 Å². The van der Waals surface area contributed by atoms with Gasteiger partial charge in [-0.05, 0) is 12.0 Å². The van der Waals surface area contributed by atoms with E-state index in [2.05, 4.69) is 4.99 Å². The highest BCUT2D eigenvalue weighted by molar-refractivity contribution is 5.77. The van der Waals surface area contributed by atoms with Crippen molar-refractivity contribution in [1.29, 1.82) is 0 Å². The molecule has 1 unspecified atom stereocenters. The SMILES string of the molecule is FC(F)(F)CC1CN=C(CCc2ccccc2)O1. The normalized spacial score (nSPS) is 19.5. The van der Waals surface area contributed by atoms with E-state index in [-0.39, 0.29) is 6.54 Å². The van der Waals surface area contributed by atoms with E-state index >= 15 is 0 Å². The van der Waals surface area contributed by atoms with Crippen molar-refractivity contribution in [2.24, 2.45) is 4.99 Å². The minimum Gasteiger partial charge on any atom is -0.475 e. The summed E-state index contributed by atoms with van der Waals surface area (Å²) in [6, 6.07) is 9.73. The first-order chi connectivity index (χ1) is 8.53. The fourth-order valence-corrected chi connectivity index (χ4v) is 1.87. The maximum Gasteiger partial charge on any atom is 0.392 e. The maximum absolute atomic E-state index is 12.2. The van der Waals surface area contributed by atoms with Gasteiger partial charge >= 0.3 is 6.18 Å². The van der Waals surface area contributed by atoms with Crippen LogP contribution in [0, 0.1) is 0 Å². The Hall–Kier alpha value is -1.52. The average molecular weight is 257 g/mol. The fraction of sp³-hybridized carbons (Fsp3) is 0.462. The van der Waals surface area contributed by atoms with Crippen LogP contribution in [0.25, 0.3) is 0 Å². The van der Waals surface area contributed by atoms with Crippen LogP contribution in [-0.4, -0.2) is 24.7 Å². The molecule has 98 valence electrons. The van der Waals surface area contributed by atoms with Gasteiger partial charge in [-0.15, -0.1) is 0 Å². The van der Waals surface area contributed by atoms with Crippen LogP contribution in [0.15, 0.2) is 35.3 Å². The highest BCUT2D eigenvalue weighted by atomic mass is 19.4. The Kier molecular flexibility index (Phi) is 3.89. The molecule has 0 aliphatic carbocycles. The van der Waals surface area contributed by atoms with Crippen molar-refractivity contribution in [3.05, 3.63) is 35.9 Å². The van der Waals surface area contributed by atoms with E-state index in [1.54, 1.807) is 0 Å². The number of aliphatic imine (C=N–C) groups is 1. The summed E-state index contributed by atoms with van der Waals surface area (Å²) in [5, 5.41) is 0. The van der Waals surface area contributed by atoms with Gasteiger partial charge in [0.2, 0.25) is 0 Å². The van der Waals surface area contributed by atoms with Crippen molar-refractivity contribution in [3.8, 4) is 0 Å². The number of benzene rings is 1. The lowest BCUT2D eigenvalue weighted by atomic mass is 10.1. The molecule has 1 aromatic rings. The molecular weight excluding hydrogens is 243 g/mol. The molecule has 0 fully saturated rings. The Morgan fingerprint density at radius 1 is 1.17 bits per heavy atom. The van der Waals surface area contributed by atoms with Crippen molar-refractivity contribution in [1.82, 2.24) is 0 Å². The van der Waals surface area contributed by atoms with Crippen LogP contribution in [0.2, 0.25) is 0 Å². The number of rotatable bonds is 4. The number of aryl methyl sites for hydroxylation is 1. The zero-order valence-corrected chi connectivity index (χ0v) is 9.78. The molecule has 2 nitrogen and oxygen atoms in total. The van der Waals surface area contributed by atoms with Crippen LogP contribution in [0.4, 0.5) is 13.2 Å². The largest absolute Gasteiger partial charge is 0.475 e. The summed E-state index contributed by atoms with van der Waals surface area (Å²) in [4.78, 5) is 4.01. The lowest BCUT2D eigenvalue weighted by Gasteiger charge is -2.13. The second-order valence-corrected chi connectivity index (χ2v) is 4.28. The van der Waals surface area contributed by atoms with Crippen LogP contribution in [0.1, 0.15) is 18.4 Å². The molecule has 0 amide bonds. The third-order valence-electron chi connectivity index (χ3n) is 2.70. The summed E-state index contributed by atoms with van der Waals surface area (Å²) in [7, 11) is 0. The van der Waals surface area contributed by atoms with Gasteiger partial charge in [0.1, 0.15) is 6.10 Å². The summed E-state index contributed by atoms with van der Waals surface area (Å²) in [5.41, 5.74) is 1.13. The van der Waals surface area contributed by atoms with Crippen LogP contribution < -0.4 is 0 Å². The molecular formula is C13H14F3NO. The lowest BCUT2D eigenvalue weighted by molar-refractivity contribution is -0.149. The number of hydrogen-bond donors (Lipinski definition) is 0. The zero-order valence-electron chi connectivity index (χ0n) is 9.78. The quantitative estimate of drug-likeness (QED) is 0.810. The third-order valence-corrected chi connectivity index (χ3v) is 2.70. The van der Waals surface area contributed by atoms with Gasteiger partial charge in [0.05, 0.1) is 13.0 Å². The van der Waals surface area contributed by atoms with Gasteiger partial charge in [-0.1, -0.05) is 30.3 Å². The van der Waals surface area contributed by atoms with Gasteiger partial charge in [0.15, 0.2) is 5.90 Å². The molecule has 0 aromatic heterocycles. The molecule has 5 heteroatoms. The predicted octanol–water partition coefficient (Wildman–Crippen LogP) is 3.37. The number of halogens is 3. The summed E-state index contributed by atoms with van der Waals surface area (Å²) >= 11 is 0. The number of nitrogens with zero attached hydrogens (tertiary/aromatic N) is 1. The van der Waals surface area contributed by atoms with Crippen molar-refractivity contribution in [2.75, 3.05) is 6.54 Å². The van der Waals surface area contributed by atoms with E-state index in [0.29, 0.717) is 12.3 Å². The predicted molar refractivity (Wildman–Crippen MR) is 62.6 cm³/mol. The van der Waals surface area contributed by atoms with Crippen molar-refractivity contribution in [3.63, 3.8) is 0 Å². The monoisotopic (exact) mass is 257 g/mol. The molecule has 1 aromatic carbocycles. The molecule has 18 heavy (non-hydrogen) atoms. The fourth-order valence-electron chi connectivity index (χ4n) is 1.87. The van der Waals surface area contributed by atoms with Gasteiger partial charge in [0, 0.05) is 6.42 Å². The number of alkyl halides is 3. The molecule has 1 atom stereocenters. The van der Waals surface area contributed by atoms with Gasteiger partial charge < -0.3 is 4.74 Å². The Labute approximate surface area is 103 Å². The Balaban J connectivity index is 1.76. The standard InChI is InChI=1S/C13H14F3NO/c14-13(15,16)8-11-9-17-12(18-11)7-6-10-4-2-1-3-5-10/h1-5,11H,6-9H2. The second kappa shape index (κ2) is 5.42. The first-order valence-corrected chi connectivity index (χ1v) is 5.83. The topological polar surface area (TPSA) is 21.6 Å². The summed E-state index contributed by atoms with van der Waals surface area (Å²) in [6.07, 6.45) is -4.66. The molecule has 0 radical (unpaired) electrons. The molecule has 1 aliphatic heterocycles. The molecule has 0 spiro atoms. The van der Waals surface area contributed by atoms with E-state index in [9.17, 15) is 13.2 Å². The molecule has 0 saturated heterocycles. The lowest BCUT2D eigenvalue weighted by Crippen LogP contribution is -2.22. The van der Waals surface area contributed by atoms with E-state index < -0.39 is 18.7 Å². The highest BCUT2D eigenvalue weighted by Gasteiger charge is 2.35. The first-order valence-electron chi connectivity index (χ1n) is 5.83. The van der Waals surface area contributed by atoms with Crippen molar-refractivity contribution >= 4 is 5.90 Å². The molecule has 0 N–H and O–H groups in total. The van der Waals surface area contributed by atoms with Crippen molar-refractivity contribution in [2.45, 2.75) is 31.5 Å². The van der Waals surface area contributed by atoms with Gasteiger partial charge in [-0.25, -0.2) is 0 Å². The maximum atomic E-state index is 12.2. The summed E-state index contributed by atoms with van der Waals surface area (Å²) in [5.74, 6) is 0.438. The average Bonchev–Trinajstić information content (AvgIpc) is 2.73. The van der Waals surface area contributed by atoms with E-state index in [1.165, 1.54) is 0 Å². The third kappa shape index (κ3) is 4.05. The number of ether oxygens (including phenoxy) is 1. The molecule has 2 rings (SSSR count). The van der Waals surface area contributed by atoms with Crippen LogP contribution in [0.5, 0.6) is 0 Å². The molecule has 0 bridgehead atoms. The molecule has 0 saturated carbocycles. The summed E-state index contributed by atoms with van der Waals surface area (Å²) < 4.78 is 41.7. The Bertz CT molecular complexity index is 414. The molecule has 1 aliphatic rings.